The Balaban J connectivity index is 1.31. The van der Waals surface area contributed by atoms with Crippen LogP contribution in [0.3, 0.4) is 0 Å². The average molecular weight is 493 g/mol. The number of carbonyl (C=O) groups excluding carboxylic acids is 1. The molecule has 0 saturated carbocycles. The minimum Gasteiger partial charge on any atom is -0.490 e. The first-order valence-corrected chi connectivity index (χ1v) is 11.9. The topological polar surface area (TPSA) is 66.9 Å². The second-order valence-electron chi connectivity index (χ2n) is 9.21. The van der Waals surface area contributed by atoms with E-state index in [9.17, 15) is 18.0 Å². The van der Waals surface area contributed by atoms with Crippen LogP contribution in [0.4, 0.5) is 19.0 Å². The second kappa shape index (κ2) is 10.7. The van der Waals surface area contributed by atoms with Crippen LogP contribution < -0.4 is 19.7 Å². The van der Waals surface area contributed by atoms with Crippen molar-refractivity contribution in [1.82, 2.24) is 15.2 Å². The Bertz CT molecular complexity index is 1010. The van der Waals surface area contributed by atoms with Crippen molar-refractivity contribution in [2.75, 3.05) is 50.8 Å². The van der Waals surface area contributed by atoms with E-state index in [1.165, 1.54) is 6.07 Å². The molecule has 1 aromatic carbocycles. The number of fused-ring (bicyclic) bond motifs is 1. The number of aromatic nitrogens is 1. The Morgan fingerprint density at radius 1 is 1.06 bits per heavy atom. The SMILES string of the molecule is CC(C)[C@@H](NC(=O)CN1CCN(c2ccc(C(F)(F)F)cn2)CC1)c1ccc2c(c1)OCCCO2. The van der Waals surface area contributed by atoms with Crippen LogP contribution in [-0.2, 0) is 11.0 Å². The molecule has 2 aliphatic heterocycles. The van der Waals surface area contributed by atoms with Crippen molar-refractivity contribution >= 4 is 11.7 Å². The molecule has 2 aliphatic rings. The highest BCUT2D eigenvalue weighted by molar-refractivity contribution is 5.78. The summed E-state index contributed by atoms with van der Waals surface area (Å²) in [7, 11) is 0. The smallest absolute Gasteiger partial charge is 0.417 e. The summed E-state index contributed by atoms with van der Waals surface area (Å²) < 4.78 is 49.8. The number of pyridine rings is 1. The standard InChI is InChI=1S/C25H31F3N4O3/c1-17(2)24(18-4-6-20-21(14-18)35-13-3-12-34-20)30-23(33)16-31-8-10-32(11-9-31)22-7-5-19(15-29-22)25(26,27)28/h4-7,14-15,17,24H,3,8-13,16H2,1-2H3,(H,30,33)/t24-/m1/s1. The minimum absolute atomic E-state index is 0.0723. The van der Waals surface area contributed by atoms with Crippen LogP contribution >= 0.6 is 0 Å². The van der Waals surface area contributed by atoms with Crippen LogP contribution in [0.1, 0.15) is 37.4 Å². The van der Waals surface area contributed by atoms with Crippen molar-refractivity contribution in [2.45, 2.75) is 32.5 Å². The third kappa shape index (κ3) is 6.36. The van der Waals surface area contributed by atoms with Crippen LogP contribution in [-0.4, -0.2) is 61.7 Å². The number of hydrogen-bond donors (Lipinski definition) is 1. The largest absolute Gasteiger partial charge is 0.490 e. The number of halogens is 3. The fourth-order valence-corrected chi connectivity index (χ4v) is 4.31. The maximum absolute atomic E-state index is 12.9. The molecule has 190 valence electrons. The number of ether oxygens (including phenoxy) is 2. The first-order chi connectivity index (χ1) is 16.7. The van der Waals surface area contributed by atoms with Crippen molar-refractivity contribution in [1.29, 1.82) is 0 Å². The summed E-state index contributed by atoms with van der Waals surface area (Å²) in [5, 5.41) is 3.16. The van der Waals surface area contributed by atoms with Crippen molar-refractivity contribution in [2.24, 2.45) is 5.92 Å². The van der Waals surface area contributed by atoms with Crippen LogP contribution in [0.2, 0.25) is 0 Å². The van der Waals surface area contributed by atoms with Gasteiger partial charge in [-0.25, -0.2) is 4.98 Å². The summed E-state index contributed by atoms with van der Waals surface area (Å²) in [6.07, 6.45) is -2.71. The number of carbonyl (C=O) groups is 1. The zero-order valence-corrected chi connectivity index (χ0v) is 20.0. The molecule has 2 aromatic rings. The summed E-state index contributed by atoms with van der Waals surface area (Å²) in [5.74, 6) is 2.04. The summed E-state index contributed by atoms with van der Waals surface area (Å²) in [5.41, 5.74) is 0.209. The molecule has 1 saturated heterocycles. The van der Waals surface area contributed by atoms with Gasteiger partial charge in [0.05, 0.1) is 31.4 Å². The van der Waals surface area contributed by atoms with Gasteiger partial charge in [-0.3, -0.25) is 9.69 Å². The predicted octanol–water partition coefficient (Wildman–Crippen LogP) is 3.90. The molecule has 7 nitrogen and oxygen atoms in total. The highest BCUT2D eigenvalue weighted by Gasteiger charge is 2.31. The van der Waals surface area contributed by atoms with Crippen molar-refractivity contribution in [3.05, 3.63) is 47.7 Å². The number of anilines is 1. The normalized spacial score (nSPS) is 17.7. The van der Waals surface area contributed by atoms with Gasteiger partial charge in [0.1, 0.15) is 5.82 Å². The molecule has 0 radical (unpaired) electrons. The van der Waals surface area contributed by atoms with Crippen LogP contribution in [0.15, 0.2) is 36.5 Å². The number of alkyl halides is 3. The van der Waals surface area contributed by atoms with Crippen LogP contribution in [0, 0.1) is 5.92 Å². The second-order valence-corrected chi connectivity index (χ2v) is 9.21. The van der Waals surface area contributed by atoms with Gasteiger partial charge in [-0.05, 0) is 35.7 Å². The summed E-state index contributed by atoms with van der Waals surface area (Å²) in [4.78, 5) is 20.8. The third-order valence-electron chi connectivity index (χ3n) is 6.25. The lowest BCUT2D eigenvalue weighted by atomic mass is 9.95. The lowest BCUT2D eigenvalue weighted by Gasteiger charge is -2.35. The minimum atomic E-state index is -4.40. The van der Waals surface area contributed by atoms with Crippen LogP contribution in [0.5, 0.6) is 11.5 Å². The molecule has 0 spiro atoms. The first-order valence-electron chi connectivity index (χ1n) is 11.9. The molecule has 4 rings (SSSR count). The molecular weight excluding hydrogens is 461 g/mol. The summed E-state index contributed by atoms with van der Waals surface area (Å²) in [6.45, 7) is 8.00. The summed E-state index contributed by atoms with van der Waals surface area (Å²) >= 11 is 0. The lowest BCUT2D eigenvalue weighted by molar-refractivity contribution is -0.137. The Labute approximate surface area is 203 Å². The Kier molecular flexibility index (Phi) is 7.69. The molecule has 0 bridgehead atoms. The van der Waals surface area contributed by atoms with Gasteiger partial charge in [-0.15, -0.1) is 0 Å². The number of amides is 1. The Hall–Kier alpha value is -3.01. The number of rotatable bonds is 6. The number of nitrogens with zero attached hydrogens (tertiary/aromatic N) is 3. The van der Waals surface area contributed by atoms with Crippen molar-refractivity contribution in [3.8, 4) is 11.5 Å². The van der Waals surface area contributed by atoms with Crippen molar-refractivity contribution < 1.29 is 27.4 Å². The molecular formula is C25H31F3N4O3. The van der Waals surface area contributed by atoms with E-state index in [1.54, 1.807) is 0 Å². The predicted molar refractivity (Wildman–Crippen MR) is 126 cm³/mol. The monoisotopic (exact) mass is 492 g/mol. The third-order valence-corrected chi connectivity index (χ3v) is 6.25. The van der Waals surface area contributed by atoms with Gasteiger partial charge in [-0.2, -0.15) is 13.2 Å². The maximum Gasteiger partial charge on any atom is 0.417 e. The lowest BCUT2D eigenvalue weighted by Crippen LogP contribution is -2.50. The molecule has 0 unspecified atom stereocenters. The Morgan fingerprint density at radius 2 is 1.77 bits per heavy atom. The fourth-order valence-electron chi connectivity index (χ4n) is 4.31. The van der Waals surface area contributed by atoms with E-state index in [-0.39, 0.29) is 24.4 Å². The van der Waals surface area contributed by atoms with Gasteiger partial charge >= 0.3 is 6.18 Å². The molecule has 1 atom stereocenters. The quantitative estimate of drug-likeness (QED) is 0.660. The van der Waals surface area contributed by atoms with Crippen LogP contribution in [0.25, 0.3) is 0 Å². The van der Waals surface area contributed by atoms with E-state index in [0.29, 0.717) is 51.0 Å². The molecule has 1 amide bonds. The number of piperazine rings is 1. The molecule has 1 N–H and O–H groups in total. The first kappa shape index (κ1) is 25.1. The van der Waals surface area contributed by atoms with Gasteiger partial charge < -0.3 is 19.7 Å². The van der Waals surface area contributed by atoms with E-state index in [1.807, 2.05) is 28.0 Å². The van der Waals surface area contributed by atoms with E-state index in [4.69, 9.17) is 9.47 Å². The number of hydrogen-bond acceptors (Lipinski definition) is 6. The van der Waals surface area contributed by atoms with E-state index < -0.39 is 11.7 Å². The molecule has 0 aliphatic carbocycles. The molecule has 1 fully saturated rings. The fraction of sp³-hybridized carbons (Fsp3) is 0.520. The number of nitrogens with one attached hydrogen (secondary N) is 1. The van der Waals surface area contributed by atoms with Crippen molar-refractivity contribution in [3.63, 3.8) is 0 Å². The zero-order chi connectivity index (χ0) is 25.0. The highest BCUT2D eigenvalue weighted by atomic mass is 19.4. The van der Waals surface area contributed by atoms with Gasteiger partial charge in [-0.1, -0.05) is 19.9 Å². The van der Waals surface area contributed by atoms with Gasteiger partial charge in [0.2, 0.25) is 5.91 Å². The van der Waals surface area contributed by atoms with E-state index in [0.717, 1.165) is 30.0 Å². The number of benzene rings is 1. The Morgan fingerprint density at radius 3 is 2.40 bits per heavy atom. The summed E-state index contributed by atoms with van der Waals surface area (Å²) in [6, 6.07) is 8.08. The molecule has 3 heterocycles. The van der Waals surface area contributed by atoms with Gasteiger partial charge in [0.15, 0.2) is 11.5 Å². The highest BCUT2D eigenvalue weighted by Crippen LogP contribution is 2.34. The van der Waals surface area contributed by atoms with Gasteiger partial charge in [0, 0.05) is 38.8 Å². The molecule has 10 heteroatoms. The van der Waals surface area contributed by atoms with Gasteiger partial charge in [0.25, 0.3) is 0 Å². The molecule has 1 aromatic heterocycles. The van der Waals surface area contributed by atoms with E-state index >= 15 is 0 Å². The average Bonchev–Trinajstić information content (AvgIpc) is 3.07. The molecule has 35 heavy (non-hydrogen) atoms. The maximum atomic E-state index is 12.9. The van der Waals surface area contributed by atoms with E-state index in [2.05, 4.69) is 24.1 Å². The zero-order valence-electron chi connectivity index (χ0n) is 20.0.